The first-order valence-electron chi connectivity index (χ1n) is 10.0. The first-order chi connectivity index (χ1) is 15.7. The first-order valence-corrected chi connectivity index (χ1v) is 10.0. The van der Waals surface area contributed by atoms with E-state index < -0.39 is 34.7 Å². The smallest absolute Gasteiger partial charge is 0.434 e. The van der Waals surface area contributed by atoms with Crippen molar-refractivity contribution in [2.75, 3.05) is 0 Å². The van der Waals surface area contributed by atoms with E-state index in [0.717, 1.165) is 10.8 Å². The van der Waals surface area contributed by atoms with Crippen LogP contribution in [0, 0.1) is 5.82 Å². The van der Waals surface area contributed by atoms with E-state index in [2.05, 4.69) is 15.0 Å². The van der Waals surface area contributed by atoms with Crippen molar-refractivity contribution in [1.82, 2.24) is 19.5 Å². The maximum absolute atomic E-state index is 14.1. The van der Waals surface area contributed by atoms with Crippen LogP contribution in [-0.2, 0) is 12.6 Å². The van der Waals surface area contributed by atoms with E-state index in [1.807, 2.05) is 0 Å². The highest BCUT2D eigenvalue weighted by molar-refractivity contribution is 5.82. The molecule has 10 heteroatoms. The molecule has 0 spiro atoms. The number of hydrogen-bond donors (Lipinski definition) is 1. The summed E-state index contributed by atoms with van der Waals surface area (Å²) < 4.78 is 55.9. The average Bonchev–Trinajstić information content (AvgIpc) is 2.77. The molecule has 3 aromatic heterocycles. The molecule has 3 heterocycles. The van der Waals surface area contributed by atoms with Gasteiger partial charge in [0.15, 0.2) is 11.5 Å². The molecular formula is C23H18F4N4O2. The SMILES string of the molecule is CC(CCc1ccccc1F)n1c(-c2ncccc2O)nc2ccnc(C(F)(F)F)c2c1=O. The third-order valence-corrected chi connectivity index (χ3v) is 5.31. The molecule has 0 aliphatic heterocycles. The van der Waals surface area contributed by atoms with Crippen molar-refractivity contribution in [3.63, 3.8) is 0 Å². The maximum atomic E-state index is 14.1. The number of alkyl halides is 3. The minimum atomic E-state index is -4.87. The van der Waals surface area contributed by atoms with E-state index in [-0.39, 0.29) is 35.6 Å². The van der Waals surface area contributed by atoms with Gasteiger partial charge in [0, 0.05) is 18.4 Å². The first kappa shape index (κ1) is 22.4. The van der Waals surface area contributed by atoms with Gasteiger partial charge in [-0.2, -0.15) is 13.2 Å². The average molecular weight is 458 g/mol. The van der Waals surface area contributed by atoms with Crippen LogP contribution in [0.25, 0.3) is 22.4 Å². The highest BCUT2D eigenvalue weighted by Crippen LogP contribution is 2.33. The van der Waals surface area contributed by atoms with Gasteiger partial charge in [0.25, 0.3) is 5.56 Å². The van der Waals surface area contributed by atoms with Gasteiger partial charge < -0.3 is 5.11 Å². The Morgan fingerprint density at radius 2 is 1.82 bits per heavy atom. The highest BCUT2D eigenvalue weighted by Gasteiger charge is 2.37. The minimum Gasteiger partial charge on any atom is -0.506 e. The van der Waals surface area contributed by atoms with Crippen LogP contribution in [-0.4, -0.2) is 24.6 Å². The molecule has 170 valence electrons. The molecule has 0 bridgehead atoms. The predicted molar refractivity (Wildman–Crippen MR) is 113 cm³/mol. The number of nitrogens with zero attached hydrogens (tertiary/aromatic N) is 4. The Morgan fingerprint density at radius 3 is 2.52 bits per heavy atom. The highest BCUT2D eigenvalue weighted by atomic mass is 19.4. The number of hydrogen-bond acceptors (Lipinski definition) is 5. The third-order valence-electron chi connectivity index (χ3n) is 5.31. The number of fused-ring (bicyclic) bond motifs is 1. The summed E-state index contributed by atoms with van der Waals surface area (Å²) in [5, 5.41) is 9.62. The standard InChI is InChI=1S/C23H18F4N4O2/c1-13(8-9-14-5-2-3-6-15(14)24)31-21(19-17(32)7-4-11-28-19)30-16-10-12-29-20(23(25,26)27)18(16)22(31)33/h2-7,10-13,32H,8-9H2,1H3. The van der Waals surface area contributed by atoms with Crippen molar-refractivity contribution < 1.29 is 22.7 Å². The number of aryl methyl sites for hydroxylation is 1. The van der Waals surface area contributed by atoms with Gasteiger partial charge in [-0.15, -0.1) is 0 Å². The lowest BCUT2D eigenvalue weighted by atomic mass is 10.0. The van der Waals surface area contributed by atoms with Crippen LogP contribution >= 0.6 is 0 Å². The molecule has 4 rings (SSSR count). The topological polar surface area (TPSA) is 80.9 Å². The quantitative estimate of drug-likeness (QED) is 0.430. The lowest BCUT2D eigenvalue weighted by molar-refractivity contribution is -0.139. The predicted octanol–water partition coefficient (Wildman–Crippen LogP) is 4.91. The van der Waals surface area contributed by atoms with Gasteiger partial charge in [0.2, 0.25) is 0 Å². The van der Waals surface area contributed by atoms with Crippen LogP contribution in [0.4, 0.5) is 17.6 Å². The Balaban J connectivity index is 1.92. The van der Waals surface area contributed by atoms with Gasteiger partial charge in [-0.3, -0.25) is 14.3 Å². The lowest BCUT2D eigenvalue weighted by Crippen LogP contribution is -2.29. The van der Waals surface area contributed by atoms with E-state index >= 15 is 0 Å². The summed E-state index contributed by atoms with van der Waals surface area (Å²) in [5.74, 6) is -0.797. The van der Waals surface area contributed by atoms with Crippen LogP contribution in [0.1, 0.15) is 30.6 Å². The number of benzene rings is 1. The summed E-state index contributed by atoms with van der Waals surface area (Å²) in [5.41, 5.74) is -2.18. The van der Waals surface area contributed by atoms with Crippen molar-refractivity contribution in [3.05, 3.63) is 82.3 Å². The Labute approximate surface area is 185 Å². The van der Waals surface area contributed by atoms with Gasteiger partial charge in [-0.25, -0.2) is 14.4 Å². The van der Waals surface area contributed by atoms with Crippen molar-refractivity contribution in [2.45, 2.75) is 32.0 Å². The zero-order valence-corrected chi connectivity index (χ0v) is 17.3. The summed E-state index contributed by atoms with van der Waals surface area (Å²) in [6, 6.07) is 9.43. The van der Waals surface area contributed by atoms with E-state index in [1.165, 1.54) is 30.5 Å². The molecule has 0 aliphatic carbocycles. The largest absolute Gasteiger partial charge is 0.506 e. The van der Waals surface area contributed by atoms with Crippen LogP contribution in [0.5, 0.6) is 5.75 Å². The van der Waals surface area contributed by atoms with Crippen molar-refractivity contribution in [1.29, 1.82) is 0 Å². The number of halogens is 4. The minimum absolute atomic E-state index is 0.0559. The van der Waals surface area contributed by atoms with Gasteiger partial charge in [0.1, 0.15) is 17.3 Å². The van der Waals surface area contributed by atoms with Gasteiger partial charge in [0.05, 0.1) is 10.9 Å². The second-order valence-electron chi connectivity index (χ2n) is 7.51. The summed E-state index contributed by atoms with van der Waals surface area (Å²) in [4.78, 5) is 25.1. The zero-order chi connectivity index (χ0) is 23.8. The molecule has 1 N–H and O–H groups in total. The summed E-state index contributed by atoms with van der Waals surface area (Å²) in [6.07, 6.45) is -2.14. The normalized spacial score (nSPS) is 12.8. The second-order valence-corrected chi connectivity index (χ2v) is 7.51. The number of rotatable bonds is 5. The van der Waals surface area contributed by atoms with Crippen molar-refractivity contribution >= 4 is 10.9 Å². The molecule has 0 amide bonds. The molecule has 0 saturated carbocycles. The van der Waals surface area contributed by atoms with Crippen LogP contribution < -0.4 is 5.56 Å². The molecule has 0 fully saturated rings. The zero-order valence-electron chi connectivity index (χ0n) is 17.3. The van der Waals surface area contributed by atoms with Crippen molar-refractivity contribution in [3.8, 4) is 17.3 Å². The molecule has 6 nitrogen and oxygen atoms in total. The van der Waals surface area contributed by atoms with Gasteiger partial charge in [-0.05, 0) is 49.6 Å². The fraction of sp³-hybridized carbons (Fsp3) is 0.217. The summed E-state index contributed by atoms with van der Waals surface area (Å²) in [7, 11) is 0. The number of aromatic hydroxyl groups is 1. The van der Waals surface area contributed by atoms with Crippen LogP contribution in [0.15, 0.2) is 59.7 Å². The molecule has 1 unspecified atom stereocenters. The van der Waals surface area contributed by atoms with E-state index in [0.29, 0.717) is 5.56 Å². The summed E-state index contributed by atoms with van der Waals surface area (Å²) >= 11 is 0. The third kappa shape index (κ3) is 4.28. The fourth-order valence-electron chi connectivity index (χ4n) is 3.69. The fourth-order valence-corrected chi connectivity index (χ4v) is 3.69. The van der Waals surface area contributed by atoms with E-state index in [9.17, 15) is 27.5 Å². The van der Waals surface area contributed by atoms with Crippen LogP contribution in [0.2, 0.25) is 0 Å². The van der Waals surface area contributed by atoms with Gasteiger partial charge >= 0.3 is 6.18 Å². The number of aromatic nitrogens is 4. The van der Waals surface area contributed by atoms with Crippen molar-refractivity contribution in [2.24, 2.45) is 0 Å². The summed E-state index contributed by atoms with van der Waals surface area (Å²) in [6.45, 7) is 1.61. The molecule has 33 heavy (non-hydrogen) atoms. The van der Waals surface area contributed by atoms with E-state index in [4.69, 9.17) is 0 Å². The van der Waals surface area contributed by atoms with Crippen LogP contribution in [0.3, 0.4) is 0 Å². The monoisotopic (exact) mass is 458 g/mol. The maximum Gasteiger partial charge on any atom is 0.434 e. The Kier molecular flexibility index (Phi) is 5.84. The molecule has 1 aromatic carbocycles. The Bertz CT molecular complexity index is 1390. The van der Waals surface area contributed by atoms with Gasteiger partial charge in [-0.1, -0.05) is 18.2 Å². The second kappa shape index (κ2) is 8.61. The molecular weight excluding hydrogens is 440 g/mol. The Morgan fingerprint density at radius 1 is 1.06 bits per heavy atom. The Hall–Kier alpha value is -3.82. The van der Waals surface area contributed by atoms with E-state index in [1.54, 1.807) is 25.1 Å². The molecule has 1 atom stereocenters. The molecule has 4 aromatic rings. The molecule has 0 saturated heterocycles. The molecule has 0 aliphatic rings. The molecule has 0 radical (unpaired) electrons. The lowest BCUT2D eigenvalue weighted by Gasteiger charge is -2.21. The number of pyridine rings is 2.